The second kappa shape index (κ2) is 8.26. The van der Waals surface area contributed by atoms with Gasteiger partial charge in [0.15, 0.2) is 11.5 Å². The van der Waals surface area contributed by atoms with Gasteiger partial charge in [0.1, 0.15) is 5.75 Å². The molecule has 2 rings (SSSR count). The third-order valence-corrected chi connectivity index (χ3v) is 4.80. The Morgan fingerprint density at radius 2 is 1.71 bits per heavy atom. The number of nitrogens with zero attached hydrogens (tertiary/aromatic N) is 1. The predicted molar refractivity (Wildman–Crippen MR) is 95.8 cm³/mol. The highest BCUT2D eigenvalue weighted by Crippen LogP contribution is 2.35. The first kappa shape index (κ1) is 18.4. The van der Waals surface area contributed by atoms with Crippen LogP contribution in [-0.2, 0) is 6.54 Å². The zero-order chi connectivity index (χ0) is 17.7. The molecule has 0 radical (unpaired) electrons. The Hall–Kier alpha value is -1.92. The Morgan fingerprint density at radius 1 is 1.08 bits per heavy atom. The van der Waals surface area contributed by atoms with Crippen molar-refractivity contribution in [1.29, 1.82) is 0 Å². The van der Waals surface area contributed by atoms with Crippen LogP contribution in [-0.4, -0.2) is 38.7 Å². The van der Waals surface area contributed by atoms with Gasteiger partial charge in [0.2, 0.25) is 0 Å². The number of amides is 1. The molecule has 1 aromatic heterocycles. The molecule has 1 aromatic carbocycles. The molecule has 0 atom stereocenters. The maximum Gasteiger partial charge on any atom is 0.258 e. The summed E-state index contributed by atoms with van der Waals surface area (Å²) < 4.78 is 16.6. The lowest BCUT2D eigenvalue weighted by atomic mass is 10.1. The first-order chi connectivity index (χ1) is 11.5. The van der Waals surface area contributed by atoms with Crippen molar-refractivity contribution in [1.82, 2.24) is 4.90 Å². The average Bonchev–Trinajstić information content (AvgIpc) is 3.02. The molecule has 0 unspecified atom stereocenters. The highest BCUT2D eigenvalue weighted by atomic mass is 35.5. The van der Waals surface area contributed by atoms with Crippen molar-refractivity contribution in [3.63, 3.8) is 0 Å². The summed E-state index contributed by atoms with van der Waals surface area (Å²) in [7, 11) is 4.59. The summed E-state index contributed by atoms with van der Waals surface area (Å²) in [6, 6.07) is 7.05. The lowest BCUT2D eigenvalue weighted by Crippen LogP contribution is -2.30. The van der Waals surface area contributed by atoms with E-state index in [2.05, 4.69) is 0 Å². The molecule has 0 aliphatic carbocycles. The van der Waals surface area contributed by atoms with E-state index >= 15 is 0 Å². The number of rotatable bonds is 7. The lowest BCUT2D eigenvalue weighted by molar-refractivity contribution is 0.0750. The van der Waals surface area contributed by atoms with Gasteiger partial charge in [-0.1, -0.05) is 11.6 Å². The van der Waals surface area contributed by atoms with Crippen LogP contribution < -0.4 is 14.2 Å². The van der Waals surface area contributed by atoms with E-state index in [-0.39, 0.29) is 5.91 Å². The molecular weight excluding hydrogens is 350 g/mol. The van der Waals surface area contributed by atoms with Gasteiger partial charge in [-0.2, -0.15) is 0 Å². The van der Waals surface area contributed by atoms with Crippen molar-refractivity contribution >= 4 is 28.8 Å². The van der Waals surface area contributed by atoms with E-state index in [9.17, 15) is 4.79 Å². The van der Waals surface area contributed by atoms with Gasteiger partial charge in [0, 0.05) is 23.6 Å². The first-order valence-corrected chi connectivity index (χ1v) is 8.57. The summed E-state index contributed by atoms with van der Waals surface area (Å²) in [6.07, 6.45) is 0. The van der Waals surface area contributed by atoms with Gasteiger partial charge < -0.3 is 19.1 Å². The minimum Gasteiger partial charge on any atom is -0.496 e. The van der Waals surface area contributed by atoms with Gasteiger partial charge >= 0.3 is 0 Å². The highest BCUT2D eigenvalue weighted by molar-refractivity contribution is 7.16. The van der Waals surface area contributed by atoms with Gasteiger partial charge in [-0.25, -0.2) is 0 Å². The molecule has 0 N–H and O–H groups in total. The fourth-order valence-electron chi connectivity index (χ4n) is 2.32. The molecule has 0 spiro atoms. The van der Waals surface area contributed by atoms with E-state index in [1.54, 1.807) is 17.0 Å². The summed E-state index contributed by atoms with van der Waals surface area (Å²) in [5.41, 5.74) is 0.430. The van der Waals surface area contributed by atoms with Crippen LogP contribution >= 0.6 is 22.9 Å². The topological polar surface area (TPSA) is 48.0 Å². The van der Waals surface area contributed by atoms with E-state index in [0.717, 1.165) is 4.88 Å². The number of ether oxygens (including phenoxy) is 3. The zero-order valence-electron chi connectivity index (χ0n) is 14.1. The van der Waals surface area contributed by atoms with Crippen LogP contribution in [0.4, 0.5) is 0 Å². The van der Waals surface area contributed by atoms with Gasteiger partial charge in [-0.15, -0.1) is 11.3 Å². The second-order valence-corrected chi connectivity index (χ2v) is 6.73. The van der Waals surface area contributed by atoms with Crippen LogP contribution in [0.5, 0.6) is 17.2 Å². The average molecular weight is 370 g/mol. The first-order valence-electron chi connectivity index (χ1n) is 7.37. The Morgan fingerprint density at radius 3 is 2.21 bits per heavy atom. The third kappa shape index (κ3) is 3.94. The number of hydrogen-bond donors (Lipinski definition) is 0. The van der Waals surface area contributed by atoms with Crippen molar-refractivity contribution in [2.45, 2.75) is 13.5 Å². The Labute approximate surface area is 150 Å². The molecule has 0 saturated carbocycles. The van der Waals surface area contributed by atoms with E-state index in [4.69, 9.17) is 25.8 Å². The van der Waals surface area contributed by atoms with Gasteiger partial charge in [-0.3, -0.25) is 4.79 Å². The number of carbonyl (C=O) groups excluding carboxylic acids is 1. The SMILES string of the molecule is CCN(Cc1ccc(Cl)s1)C(=O)c1cc(OC)c(OC)cc1OC. The fraction of sp³-hybridized carbons (Fsp3) is 0.353. The molecule has 1 heterocycles. The monoisotopic (exact) mass is 369 g/mol. The van der Waals surface area contributed by atoms with Gasteiger partial charge in [0.05, 0.1) is 37.8 Å². The van der Waals surface area contributed by atoms with Gasteiger partial charge in [-0.05, 0) is 19.1 Å². The molecule has 24 heavy (non-hydrogen) atoms. The zero-order valence-corrected chi connectivity index (χ0v) is 15.7. The van der Waals surface area contributed by atoms with E-state index < -0.39 is 0 Å². The number of halogens is 1. The van der Waals surface area contributed by atoms with E-state index in [1.165, 1.54) is 32.7 Å². The molecule has 2 aromatic rings. The van der Waals surface area contributed by atoms with Crippen molar-refractivity contribution in [3.8, 4) is 17.2 Å². The van der Waals surface area contributed by atoms with E-state index in [0.29, 0.717) is 40.2 Å². The highest BCUT2D eigenvalue weighted by Gasteiger charge is 2.22. The minimum atomic E-state index is -0.139. The van der Waals surface area contributed by atoms with Crippen molar-refractivity contribution in [2.75, 3.05) is 27.9 Å². The van der Waals surface area contributed by atoms with E-state index in [1.807, 2.05) is 19.1 Å². The van der Waals surface area contributed by atoms with Gasteiger partial charge in [0.25, 0.3) is 5.91 Å². The molecule has 0 fully saturated rings. The number of hydrogen-bond acceptors (Lipinski definition) is 5. The summed E-state index contributed by atoms with van der Waals surface area (Å²) in [6.45, 7) is 2.98. The summed E-state index contributed by atoms with van der Waals surface area (Å²) >= 11 is 7.43. The number of carbonyl (C=O) groups is 1. The summed E-state index contributed by atoms with van der Waals surface area (Å²) in [5, 5.41) is 0. The minimum absolute atomic E-state index is 0.139. The maximum absolute atomic E-state index is 13.0. The van der Waals surface area contributed by atoms with Crippen molar-refractivity contribution < 1.29 is 19.0 Å². The summed E-state index contributed by atoms with van der Waals surface area (Å²) in [4.78, 5) is 15.7. The maximum atomic E-state index is 13.0. The largest absolute Gasteiger partial charge is 0.496 e. The van der Waals surface area contributed by atoms with Crippen LogP contribution in [0.25, 0.3) is 0 Å². The molecule has 5 nitrogen and oxygen atoms in total. The Bertz CT molecular complexity index is 717. The van der Waals surface area contributed by atoms with Crippen LogP contribution in [0, 0.1) is 0 Å². The van der Waals surface area contributed by atoms with Crippen LogP contribution in [0.15, 0.2) is 24.3 Å². The predicted octanol–water partition coefficient (Wildman–Crippen LogP) is 4.09. The molecule has 1 amide bonds. The molecular formula is C17H20ClNO4S. The number of benzene rings is 1. The number of methoxy groups -OCH3 is 3. The molecule has 0 saturated heterocycles. The van der Waals surface area contributed by atoms with Crippen molar-refractivity contribution in [3.05, 3.63) is 39.0 Å². The Kier molecular flexibility index (Phi) is 6.34. The number of thiophene rings is 1. The molecule has 0 aliphatic rings. The quantitative estimate of drug-likeness (QED) is 0.737. The molecule has 0 aliphatic heterocycles. The molecule has 0 bridgehead atoms. The van der Waals surface area contributed by atoms with Crippen LogP contribution in [0.3, 0.4) is 0 Å². The second-order valence-electron chi connectivity index (χ2n) is 4.93. The van der Waals surface area contributed by atoms with Crippen LogP contribution in [0.1, 0.15) is 22.2 Å². The standard InChI is InChI=1S/C17H20ClNO4S/c1-5-19(10-11-6-7-16(18)24-11)17(20)12-8-14(22-3)15(23-4)9-13(12)21-2/h6-9H,5,10H2,1-4H3. The molecule has 7 heteroatoms. The fourth-order valence-corrected chi connectivity index (χ4v) is 3.42. The normalized spacial score (nSPS) is 10.4. The van der Waals surface area contributed by atoms with Crippen LogP contribution in [0.2, 0.25) is 4.34 Å². The molecule has 130 valence electrons. The smallest absolute Gasteiger partial charge is 0.258 e. The third-order valence-electron chi connectivity index (χ3n) is 3.58. The Balaban J connectivity index is 2.35. The summed E-state index contributed by atoms with van der Waals surface area (Å²) in [5.74, 6) is 1.30. The van der Waals surface area contributed by atoms with Crippen molar-refractivity contribution in [2.24, 2.45) is 0 Å². The lowest BCUT2D eigenvalue weighted by Gasteiger charge is -2.22.